The molecule has 0 spiro atoms. The number of aliphatic hydroxyl groups is 1. The molecule has 30 heavy (non-hydrogen) atoms. The van der Waals surface area contributed by atoms with E-state index in [1.807, 2.05) is 18.2 Å². The Morgan fingerprint density at radius 2 is 1.77 bits per heavy atom. The van der Waals surface area contributed by atoms with E-state index in [-0.39, 0.29) is 12.3 Å². The molecule has 0 heterocycles. The number of rotatable bonds is 8. The molecule has 0 saturated heterocycles. The van der Waals surface area contributed by atoms with Gasteiger partial charge in [-0.05, 0) is 41.6 Å². The fourth-order valence-corrected chi connectivity index (χ4v) is 4.05. The third-order valence-corrected chi connectivity index (χ3v) is 5.67. The first-order valence-corrected chi connectivity index (χ1v) is 10.8. The maximum absolute atomic E-state index is 12.2. The zero-order valence-corrected chi connectivity index (χ0v) is 16.6. The van der Waals surface area contributed by atoms with Crippen LogP contribution in [0.15, 0.2) is 60.7 Å². The van der Waals surface area contributed by atoms with E-state index in [0.29, 0.717) is 11.5 Å². The van der Waals surface area contributed by atoms with Gasteiger partial charge in [-0.1, -0.05) is 30.3 Å². The van der Waals surface area contributed by atoms with Crippen LogP contribution in [0.1, 0.15) is 18.4 Å². The van der Waals surface area contributed by atoms with E-state index in [0.717, 1.165) is 16.3 Å². The molecule has 9 heteroatoms. The summed E-state index contributed by atoms with van der Waals surface area (Å²) in [7, 11) is -3.92. The first-order valence-electron chi connectivity index (χ1n) is 9.13. The molecule has 0 aliphatic carbocycles. The number of alkyl halides is 3. The monoisotopic (exact) mass is 439 g/mol. The van der Waals surface area contributed by atoms with Crippen LogP contribution >= 0.6 is 0 Å². The van der Waals surface area contributed by atoms with Crippen LogP contribution in [0.5, 0.6) is 11.5 Å². The summed E-state index contributed by atoms with van der Waals surface area (Å²) in [6.45, 7) is -0.0772. The number of ether oxygens (including phenoxy) is 1. The first kappa shape index (κ1) is 21.9. The molecule has 0 amide bonds. The van der Waals surface area contributed by atoms with Crippen LogP contribution < -0.4 is 9.46 Å². The van der Waals surface area contributed by atoms with Crippen molar-refractivity contribution in [3.05, 3.63) is 66.2 Å². The van der Waals surface area contributed by atoms with Crippen LogP contribution in [0.3, 0.4) is 0 Å². The van der Waals surface area contributed by atoms with Crippen molar-refractivity contribution in [2.45, 2.75) is 25.6 Å². The zero-order valence-electron chi connectivity index (χ0n) is 15.8. The molecule has 0 aliphatic rings. The highest BCUT2D eigenvalue weighted by molar-refractivity contribution is 7.92. The summed E-state index contributed by atoms with van der Waals surface area (Å²) < 4.78 is 69.0. The Balaban J connectivity index is 1.74. The minimum absolute atomic E-state index is 0.0772. The predicted molar refractivity (Wildman–Crippen MR) is 109 cm³/mol. The van der Waals surface area contributed by atoms with E-state index in [4.69, 9.17) is 4.74 Å². The van der Waals surface area contributed by atoms with Crippen LogP contribution in [0.2, 0.25) is 0 Å². The van der Waals surface area contributed by atoms with Crippen LogP contribution in [-0.2, 0) is 16.6 Å². The largest absolute Gasteiger partial charge is 0.457 e. The SMILES string of the molecule is O=S(=O)(CCCC(F)(F)F)Nc1cccc(Oc2cccc3cc(CO)ccc23)c1. The Kier molecular flexibility index (Phi) is 6.52. The average Bonchev–Trinajstić information content (AvgIpc) is 2.66. The van der Waals surface area contributed by atoms with Gasteiger partial charge in [-0.2, -0.15) is 13.2 Å². The standard InChI is InChI=1S/C21H20F3NO4S/c22-21(23,24)10-3-11-30(27,28)25-17-5-2-6-18(13-17)29-20-7-1-4-16-12-15(14-26)8-9-19(16)20/h1-2,4-9,12-13,25-26H,3,10-11,14H2. The predicted octanol–water partition coefficient (Wildman–Crippen LogP) is 5.21. The van der Waals surface area contributed by atoms with Gasteiger partial charge in [0.2, 0.25) is 10.0 Å². The molecule has 0 aromatic heterocycles. The highest BCUT2D eigenvalue weighted by Gasteiger charge is 2.27. The number of aliphatic hydroxyl groups excluding tert-OH is 1. The van der Waals surface area contributed by atoms with Crippen molar-refractivity contribution >= 4 is 26.5 Å². The molecular formula is C21H20F3NO4S. The molecule has 3 rings (SSSR count). The molecule has 0 fully saturated rings. The maximum atomic E-state index is 12.2. The molecule has 0 atom stereocenters. The molecule has 3 aromatic carbocycles. The molecule has 0 unspecified atom stereocenters. The number of sulfonamides is 1. The summed E-state index contributed by atoms with van der Waals surface area (Å²) in [6.07, 6.45) is -6.06. The fraction of sp³-hybridized carbons (Fsp3) is 0.238. The van der Waals surface area contributed by atoms with Crippen LogP contribution in [0.4, 0.5) is 18.9 Å². The Morgan fingerprint density at radius 1 is 1.00 bits per heavy atom. The number of fused-ring (bicyclic) bond motifs is 1. The van der Waals surface area contributed by atoms with E-state index >= 15 is 0 Å². The summed E-state index contributed by atoms with van der Waals surface area (Å²) in [6, 6.07) is 17.1. The Labute approximate surface area is 172 Å². The van der Waals surface area contributed by atoms with E-state index in [1.54, 1.807) is 30.3 Å². The van der Waals surface area contributed by atoms with Crippen molar-refractivity contribution in [3.8, 4) is 11.5 Å². The van der Waals surface area contributed by atoms with Gasteiger partial charge in [-0.15, -0.1) is 0 Å². The minimum Gasteiger partial charge on any atom is -0.457 e. The van der Waals surface area contributed by atoms with E-state index in [2.05, 4.69) is 4.72 Å². The molecule has 2 N–H and O–H groups in total. The first-order chi connectivity index (χ1) is 14.1. The van der Waals surface area contributed by atoms with Crippen molar-refractivity contribution in [1.29, 1.82) is 0 Å². The van der Waals surface area contributed by atoms with Crippen LogP contribution in [-0.4, -0.2) is 25.5 Å². The Morgan fingerprint density at radius 3 is 2.50 bits per heavy atom. The Bertz CT molecular complexity index is 1130. The molecular weight excluding hydrogens is 419 g/mol. The van der Waals surface area contributed by atoms with Gasteiger partial charge < -0.3 is 9.84 Å². The van der Waals surface area contributed by atoms with Crippen molar-refractivity contribution in [2.24, 2.45) is 0 Å². The molecule has 0 radical (unpaired) electrons. The number of hydrogen-bond donors (Lipinski definition) is 2. The van der Waals surface area contributed by atoms with Crippen LogP contribution in [0.25, 0.3) is 10.8 Å². The smallest absolute Gasteiger partial charge is 0.389 e. The van der Waals surface area contributed by atoms with Gasteiger partial charge in [0.25, 0.3) is 0 Å². The van der Waals surface area contributed by atoms with Gasteiger partial charge in [-0.3, -0.25) is 4.72 Å². The molecule has 160 valence electrons. The van der Waals surface area contributed by atoms with Crippen LogP contribution in [0, 0.1) is 0 Å². The Hall–Kier alpha value is -2.78. The van der Waals surface area contributed by atoms with E-state index in [9.17, 15) is 26.7 Å². The summed E-state index contributed by atoms with van der Waals surface area (Å²) >= 11 is 0. The molecule has 5 nitrogen and oxygen atoms in total. The maximum Gasteiger partial charge on any atom is 0.389 e. The topological polar surface area (TPSA) is 75.6 Å². The highest BCUT2D eigenvalue weighted by atomic mass is 32.2. The van der Waals surface area contributed by atoms with Crippen molar-refractivity contribution in [2.75, 3.05) is 10.5 Å². The van der Waals surface area contributed by atoms with Gasteiger partial charge in [0, 0.05) is 17.9 Å². The lowest BCUT2D eigenvalue weighted by Crippen LogP contribution is -2.18. The zero-order chi connectivity index (χ0) is 21.8. The second-order valence-electron chi connectivity index (χ2n) is 6.74. The van der Waals surface area contributed by atoms with Gasteiger partial charge in [-0.25, -0.2) is 8.42 Å². The second-order valence-corrected chi connectivity index (χ2v) is 8.58. The third-order valence-electron chi connectivity index (χ3n) is 4.30. The van der Waals surface area contributed by atoms with Gasteiger partial charge in [0.05, 0.1) is 18.0 Å². The lowest BCUT2D eigenvalue weighted by molar-refractivity contribution is -0.134. The summed E-state index contributed by atoms with van der Waals surface area (Å²) in [4.78, 5) is 0. The summed E-state index contributed by atoms with van der Waals surface area (Å²) in [5, 5.41) is 11.0. The number of halogens is 3. The van der Waals surface area contributed by atoms with Crippen molar-refractivity contribution < 1.29 is 31.4 Å². The van der Waals surface area contributed by atoms with Gasteiger partial charge in [0.15, 0.2) is 0 Å². The summed E-state index contributed by atoms with van der Waals surface area (Å²) in [5.74, 6) is 0.278. The molecule has 0 bridgehead atoms. The van der Waals surface area contributed by atoms with E-state index < -0.39 is 34.8 Å². The third kappa shape index (κ3) is 6.11. The van der Waals surface area contributed by atoms with Crippen molar-refractivity contribution in [3.63, 3.8) is 0 Å². The van der Waals surface area contributed by atoms with Gasteiger partial charge >= 0.3 is 6.18 Å². The lowest BCUT2D eigenvalue weighted by Gasteiger charge is -2.12. The average molecular weight is 439 g/mol. The second kappa shape index (κ2) is 8.93. The lowest BCUT2D eigenvalue weighted by atomic mass is 10.1. The van der Waals surface area contributed by atoms with E-state index in [1.165, 1.54) is 12.1 Å². The highest BCUT2D eigenvalue weighted by Crippen LogP contribution is 2.32. The molecule has 3 aromatic rings. The normalized spacial score (nSPS) is 12.1. The van der Waals surface area contributed by atoms with Crippen molar-refractivity contribution in [1.82, 2.24) is 0 Å². The number of nitrogens with one attached hydrogen (secondary N) is 1. The quantitative estimate of drug-likeness (QED) is 0.505. The fourth-order valence-electron chi connectivity index (χ4n) is 2.93. The minimum atomic E-state index is -4.39. The summed E-state index contributed by atoms with van der Waals surface area (Å²) in [5.41, 5.74) is 0.962. The molecule has 0 aliphatic heterocycles. The number of benzene rings is 3. The number of hydrogen-bond acceptors (Lipinski definition) is 4. The van der Waals surface area contributed by atoms with Gasteiger partial charge in [0.1, 0.15) is 11.5 Å². The molecule has 0 saturated carbocycles. The number of anilines is 1.